The quantitative estimate of drug-likeness (QED) is 0.573. The van der Waals surface area contributed by atoms with Crippen molar-refractivity contribution in [3.05, 3.63) is 40.5 Å². The SMILES string of the molecule is Cc1cc(F)c(COc2nsc(NC(=O)NCCN)c2C(N)=O)cc1F. The van der Waals surface area contributed by atoms with Crippen LogP contribution < -0.4 is 26.8 Å². The molecule has 1 aromatic carbocycles. The summed E-state index contributed by atoms with van der Waals surface area (Å²) >= 11 is 0.764. The molecule has 8 nitrogen and oxygen atoms in total. The van der Waals surface area contributed by atoms with Crippen LogP contribution in [0.5, 0.6) is 5.88 Å². The summed E-state index contributed by atoms with van der Waals surface area (Å²) in [7, 11) is 0. The first-order chi connectivity index (χ1) is 12.3. The minimum atomic E-state index is -0.890. The maximum absolute atomic E-state index is 13.9. The molecule has 26 heavy (non-hydrogen) atoms. The Bertz CT molecular complexity index is 828. The predicted octanol–water partition coefficient (Wildman–Crippen LogP) is 1.49. The predicted molar refractivity (Wildman–Crippen MR) is 92.1 cm³/mol. The Morgan fingerprint density at radius 3 is 2.69 bits per heavy atom. The number of aryl methyl sites for hydroxylation is 1. The summed E-state index contributed by atoms with van der Waals surface area (Å²) in [6.45, 7) is 1.54. The minimum Gasteiger partial charge on any atom is -0.471 e. The van der Waals surface area contributed by atoms with Crippen LogP contribution in [0.1, 0.15) is 21.5 Å². The van der Waals surface area contributed by atoms with Crippen molar-refractivity contribution < 1.29 is 23.1 Å². The van der Waals surface area contributed by atoms with Gasteiger partial charge in [-0.2, -0.15) is 4.37 Å². The molecule has 0 aliphatic rings. The van der Waals surface area contributed by atoms with E-state index in [0.29, 0.717) is 0 Å². The number of nitrogens with zero attached hydrogens (tertiary/aromatic N) is 1. The highest BCUT2D eigenvalue weighted by molar-refractivity contribution is 7.11. The maximum atomic E-state index is 13.9. The van der Waals surface area contributed by atoms with Gasteiger partial charge >= 0.3 is 6.03 Å². The number of nitrogens with two attached hydrogens (primary N) is 2. The van der Waals surface area contributed by atoms with E-state index in [1.54, 1.807) is 0 Å². The molecular formula is C15H17F2N5O3S. The highest BCUT2D eigenvalue weighted by atomic mass is 32.1. The molecule has 0 saturated heterocycles. The standard InChI is InChI=1S/C15H17F2N5O3S/c1-7-4-10(17)8(5-9(7)16)6-25-13-11(12(19)23)14(26-22-13)21-15(24)20-3-2-18/h4-5H,2-3,6,18H2,1H3,(H2,19,23)(H2,20,21,24). The smallest absolute Gasteiger partial charge is 0.319 e. The molecule has 0 aliphatic carbocycles. The zero-order valence-corrected chi connectivity index (χ0v) is 14.6. The molecule has 0 radical (unpaired) electrons. The number of hydrogen-bond acceptors (Lipinski definition) is 6. The molecule has 6 N–H and O–H groups in total. The molecule has 0 saturated carbocycles. The van der Waals surface area contributed by atoms with Crippen LogP contribution in [0, 0.1) is 18.6 Å². The lowest BCUT2D eigenvalue weighted by Crippen LogP contribution is -2.33. The van der Waals surface area contributed by atoms with Crippen molar-refractivity contribution in [2.24, 2.45) is 11.5 Å². The second-order valence-electron chi connectivity index (χ2n) is 5.21. The fourth-order valence-electron chi connectivity index (χ4n) is 1.95. The number of aromatic nitrogens is 1. The average Bonchev–Trinajstić information content (AvgIpc) is 2.97. The Kier molecular flexibility index (Phi) is 6.41. The number of halogens is 2. The van der Waals surface area contributed by atoms with Crippen LogP contribution in [-0.2, 0) is 6.61 Å². The van der Waals surface area contributed by atoms with Crippen molar-refractivity contribution >= 4 is 28.5 Å². The first kappa shape index (κ1) is 19.5. The van der Waals surface area contributed by atoms with Gasteiger partial charge in [0.15, 0.2) is 0 Å². The van der Waals surface area contributed by atoms with Crippen molar-refractivity contribution in [3.8, 4) is 5.88 Å². The summed E-state index contributed by atoms with van der Waals surface area (Å²) in [6, 6.07) is 1.44. The van der Waals surface area contributed by atoms with E-state index in [0.717, 1.165) is 23.7 Å². The lowest BCUT2D eigenvalue weighted by atomic mass is 10.1. The molecule has 2 aromatic rings. The Hall–Kier alpha value is -2.79. The Balaban J connectivity index is 2.16. The number of urea groups is 1. The molecule has 0 atom stereocenters. The van der Waals surface area contributed by atoms with Gasteiger partial charge in [0.2, 0.25) is 5.88 Å². The average molecular weight is 385 g/mol. The largest absolute Gasteiger partial charge is 0.471 e. The van der Waals surface area contributed by atoms with Crippen molar-refractivity contribution in [2.45, 2.75) is 13.5 Å². The van der Waals surface area contributed by atoms with Crippen LogP contribution in [0.3, 0.4) is 0 Å². The van der Waals surface area contributed by atoms with Gasteiger partial charge in [-0.25, -0.2) is 13.6 Å². The highest BCUT2D eigenvalue weighted by Gasteiger charge is 2.22. The summed E-state index contributed by atoms with van der Waals surface area (Å²) in [4.78, 5) is 23.3. The van der Waals surface area contributed by atoms with Gasteiger partial charge in [-0.05, 0) is 36.2 Å². The molecular weight excluding hydrogens is 368 g/mol. The van der Waals surface area contributed by atoms with Gasteiger partial charge in [0.05, 0.1) is 0 Å². The molecule has 0 fully saturated rings. The fourth-order valence-corrected chi connectivity index (χ4v) is 2.69. The number of benzene rings is 1. The Labute approximate surface area is 151 Å². The number of nitrogens with one attached hydrogen (secondary N) is 2. The van der Waals surface area contributed by atoms with E-state index in [1.807, 2.05) is 0 Å². The Morgan fingerprint density at radius 2 is 2.04 bits per heavy atom. The summed E-state index contributed by atoms with van der Waals surface area (Å²) in [5.74, 6) is -2.31. The molecule has 11 heteroatoms. The number of hydrogen-bond donors (Lipinski definition) is 4. The van der Waals surface area contributed by atoms with Crippen LogP contribution in [0.4, 0.5) is 18.6 Å². The molecule has 3 amide bonds. The second kappa shape index (κ2) is 8.54. The first-order valence-corrected chi connectivity index (χ1v) is 8.22. The molecule has 2 rings (SSSR count). The minimum absolute atomic E-state index is 0.0493. The number of ether oxygens (including phenoxy) is 1. The van der Waals surface area contributed by atoms with Gasteiger partial charge in [-0.1, -0.05) is 0 Å². The Morgan fingerprint density at radius 1 is 1.31 bits per heavy atom. The third-order valence-corrected chi connectivity index (χ3v) is 4.00. The van der Waals surface area contributed by atoms with E-state index < -0.39 is 23.6 Å². The maximum Gasteiger partial charge on any atom is 0.319 e. The fraction of sp³-hybridized carbons (Fsp3) is 0.267. The van der Waals surface area contributed by atoms with E-state index in [1.165, 1.54) is 6.92 Å². The zero-order chi connectivity index (χ0) is 19.3. The molecule has 0 bridgehead atoms. The van der Waals surface area contributed by atoms with Gasteiger partial charge in [0.25, 0.3) is 5.91 Å². The lowest BCUT2D eigenvalue weighted by molar-refractivity contribution is 0.0996. The third-order valence-electron chi connectivity index (χ3n) is 3.26. The summed E-state index contributed by atoms with van der Waals surface area (Å²) in [6.07, 6.45) is 0. The van der Waals surface area contributed by atoms with Gasteiger partial charge in [-0.15, -0.1) is 0 Å². The van der Waals surface area contributed by atoms with E-state index in [2.05, 4.69) is 15.0 Å². The number of primary amides is 1. The van der Waals surface area contributed by atoms with Crippen LogP contribution in [0.25, 0.3) is 0 Å². The first-order valence-electron chi connectivity index (χ1n) is 7.45. The van der Waals surface area contributed by atoms with Crippen molar-refractivity contribution in [2.75, 3.05) is 18.4 Å². The zero-order valence-electron chi connectivity index (χ0n) is 13.8. The van der Waals surface area contributed by atoms with Crippen molar-refractivity contribution in [1.29, 1.82) is 0 Å². The second-order valence-corrected chi connectivity index (χ2v) is 5.98. The van der Waals surface area contributed by atoms with Gasteiger partial charge in [-0.3, -0.25) is 10.1 Å². The molecule has 0 spiro atoms. The monoisotopic (exact) mass is 385 g/mol. The summed E-state index contributed by atoms with van der Waals surface area (Å²) in [5, 5.41) is 4.93. The summed E-state index contributed by atoms with van der Waals surface area (Å²) in [5.41, 5.74) is 10.5. The van der Waals surface area contributed by atoms with Gasteiger partial charge in [0.1, 0.15) is 28.8 Å². The number of rotatable bonds is 7. The van der Waals surface area contributed by atoms with Crippen LogP contribution in [-0.4, -0.2) is 29.4 Å². The molecule has 0 aliphatic heterocycles. The van der Waals surface area contributed by atoms with E-state index in [4.69, 9.17) is 16.2 Å². The lowest BCUT2D eigenvalue weighted by Gasteiger charge is -2.08. The van der Waals surface area contributed by atoms with Gasteiger partial charge < -0.3 is 21.5 Å². The molecule has 1 heterocycles. The van der Waals surface area contributed by atoms with Crippen molar-refractivity contribution in [1.82, 2.24) is 9.69 Å². The van der Waals surface area contributed by atoms with Gasteiger partial charge in [0, 0.05) is 18.7 Å². The molecule has 1 aromatic heterocycles. The van der Waals surface area contributed by atoms with Crippen LogP contribution in [0.15, 0.2) is 12.1 Å². The topological polar surface area (TPSA) is 132 Å². The highest BCUT2D eigenvalue weighted by Crippen LogP contribution is 2.31. The van der Waals surface area contributed by atoms with Crippen LogP contribution in [0.2, 0.25) is 0 Å². The number of amides is 3. The third kappa shape index (κ3) is 4.64. The van der Waals surface area contributed by atoms with Crippen molar-refractivity contribution in [3.63, 3.8) is 0 Å². The normalized spacial score (nSPS) is 10.5. The van der Waals surface area contributed by atoms with E-state index in [9.17, 15) is 18.4 Å². The number of carbonyl (C=O) groups is 2. The summed E-state index contributed by atoms with van der Waals surface area (Å²) < 4.78 is 36.6. The van der Waals surface area contributed by atoms with E-state index in [-0.39, 0.29) is 47.3 Å². The molecule has 0 unspecified atom stereocenters. The molecule has 140 valence electrons. The number of carbonyl (C=O) groups excluding carboxylic acids is 2. The number of anilines is 1. The van der Waals surface area contributed by atoms with Crippen LogP contribution >= 0.6 is 11.5 Å². The van der Waals surface area contributed by atoms with E-state index >= 15 is 0 Å².